The predicted molar refractivity (Wildman–Crippen MR) is 98.9 cm³/mol. The molecular weight excluding hydrogens is 335 g/mol. The van der Waals surface area contributed by atoms with Crippen LogP contribution >= 0.6 is 0 Å². The Labute approximate surface area is 152 Å². The van der Waals surface area contributed by atoms with Gasteiger partial charge in [0.05, 0.1) is 24.8 Å². The van der Waals surface area contributed by atoms with E-state index in [1.807, 2.05) is 13.8 Å². The Kier molecular flexibility index (Phi) is 6.72. The summed E-state index contributed by atoms with van der Waals surface area (Å²) in [4.78, 5) is 24.6. The highest BCUT2D eigenvalue weighted by Crippen LogP contribution is 2.19. The summed E-state index contributed by atoms with van der Waals surface area (Å²) in [5.41, 5.74) is 1.33. The van der Waals surface area contributed by atoms with E-state index in [9.17, 15) is 14.0 Å². The van der Waals surface area contributed by atoms with Crippen molar-refractivity contribution in [3.05, 3.63) is 59.4 Å². The second kappa shape index (κ2) is 8.99. The van der Waals surface area contributed by atoms with E-state index in [-0.39, 0.29) is 24.0 Å². The Hall–Kier alpha value is -2.89. The average molecular weight is 358 g/mol. The summed E-state index contributed by atoms with van der Waals surface area (Å²) in [6.07, 6.45) is -0.0110. The van der Waals surface area contributed by atoms with Gasteiger partial charge in [-0.2, -0.15) is 0 Å². The van der Waals surface area contributed by atoms with Crippen molar-refractivity contribution in [1.29, 1.82) is 0 Å². The molecule has 0 saturated carbocycles. The number of anilines is 1. The summed E-state index contributed by atoms with van der Waals surface area (Å²) >= 11 is 0. The summed E-state index contributed by atoms with van der Waals surface area (Å²) in [5.74, 6) is -0.651. The molecule has 0 bridgehead atoms. The van der Waals surface area contributed by atoms with Crippen LogP contribution in [0.3, 0.4) is 0 Å². The van der Waals surface area contributed by atoms with E-state index < -0.39 is 5.82 Å². The predicted octanol–water partition coefficient (Wildman–Crippen LogP) is 3.40. The molecule has 0 unspecified atom stereocenters. The lowest BCUT2D eigenvalue weighted by atomic mass is 10.1. The molecule has 2 aromatic carbocycles. The van der Waals surface area contributed by atoms with Gasteiger partial charge in [-0.1, -0.05) is 32.0 Å². The van der Waals surface area contributed by atoms with Crippen LogP contribution in [0.2, 0.25) is 0 Å². The molecule has 26 heavy (non-hydrogen) atoms. The molecule has 0 radical (unpaired) electrons. The minimum absolute atomic E-state index is 0.0110. The zero-order chi connectivity index (χ0) is 19.1. The maximum absolute atomic E-state index is 13.7. The largest absolute Gasteiger partial charge is 0.494 e. The molecule has 138 valence electrons. The molecule has 5 nitrogen and oxygen atoms in total. The highest BCUT2D eigenvalue weighted by atomic mass is 19.1. The minimum atomic E-state index is -0.522. The normalized spacial score (nSPS) is 10.5. The maximum Gasteiger partial charge on any atom is 0.253 e. The first-order valence-corrected chi connectivity index (χ1v) is 8.40. The van der Waals surface area contributed by atoms with Gasteiger partial charge in [0.25, 0.3) is 5.91 Å². The fraction of sp³-hybridized carbons (Fsp3) is 0.300. The Balaban J connectivity index is 2.07. The highest BCUT2D eigenvalue weighted by Gasteiger charge is 2.14. The van der Waals surface area contributed by atoms with Gasteiger partial charge in [0.2, 0.25) is 5.91 Å². The maximum atomic E-state index is 13.7. The molecule has 2 aromatic rings. The smallest absolute Gasteiger partial charge is 0.253 e. The number of carbonyl (C=O) groups excluding carboxylic acids is 2. The average Bonchev–Trinajstić information content (AvgIpc) is 2.60. The Bertz CT molecular complexity index is 790. The molecule has 6 heteroatoms. The second-order valence-corrected chi connectivity index (χ2v) is 6.34. The van der Waals surface area contributed by atoms with Crippen LogP contribution in [0.25, 0.3) is 0 Å². The lowest BCUT2D eigenvalue weighted by molar-refractivity contribution is -0.115. The number of amides is 2. The number of rotatable bonds is 7. The molecule has 0 fully saturated rings. The van der Waals surface area contributed by atoms with Crippen LogP contribution in [0.5, 0.6) is 5.75 Å². The molecule has 0 aliphatic carbocycles. The van der Waals surface area contributed by atoms with Crippen LogP contribution in [0.1, 0.15) is 29.8 Å². The lowest BCUT2D eigenvalue weighted by Crippen LogP contribution is -2.28. The molecule has 0 aliphatic rings. The van der Waals surface area contributed by atoms with E-state index in [0.29, 0.717) is 29.3 Å². The number of hydrogen-bond acceptors (Lipinski definition) is 3. The molecule has 0 aliphatic heterocycles. The number of methoxy groups -OCH3 is 1. The van der Waals surface area contributed by atoms with Gasteiger partial charge in [-0.25, -0.2) is 4.39 Å². The van der Waals surface area contributed by atoms with Gasteiger partial charge in [0.1, 0.15) is 0 Å². The number of ether oxygens (including phenoxy) is 1. The molecule has 0 atom stereocenters. The van der Waals surface area contributed by atoms with Crippen LogP contribution in [-0.4, -0.2) is 25.5 Å². The standard InChI is InChI=1S/C20H23FN2O3/c1-13(2)12-22-20(25)15-6-4-5-7-17(15)23-19(24)11-14-8-9-18(26-3)16(21)10-14/h4-10,13H,11-12H2,1-3H3,(H,22,25)(H,23,24). The van der Waals surface area contributed by atoms with Gasteiger partial charge in [-0.3, -0.25) is 9.59 Å². The number of para-hydroxylation sites is 1. The monoisotopic (exact) mass is 358 g/mol. The molecule has 2 amide bonds. The third kappa shape index (κ3) is 5.31. The summed E-state index contributed by atoms with van der Waals surface area (Å²) in [6, 6.07) is 11.2. The fourth-order valence-electron chi connectivity index (χ4n) is 2.38. The van der Waals surface area contributed by atoms with Crippen molar-refractivity contribution in [3.8, 4) is 5.75 Å². The van der Waals surface area contributed by atoms with Crippen LogP contribution in [-0.2, 0) is 11.2 Å². The van der Waals surface area contributed by atoms with Gasteiger partial charge in [0.15, 0.2) is 11.6 Å². The Morgan fingerprint density at radius 1 is 1.15 bits per heavy atom. The topological polar surface area (TPSA) is 67.4 Å². The summed E-state index contributed by atoms with van der Waals surface area (Å²) in [6.45, 7) is 4.55. The van der Waals surface area contributed by atoms with Crippen molar-refractivity contribution in [1.82, 2.24) is 5.32 Å². The first-order chi connectivity index (χ1) is 12.4. The SMILES string of the molecule is COc1ccc(CC(=O)Nc2ccccc2C(=O)NCC(C)C)cc1F. The van der Waals surface area contributed by atoms with Crippen LogP contribution in [0.4, 0.5) is 10.1 Å². The molecule has 0 aromatic heterocycles. The quantitative estimate of drug-likeness (QED) is 0.797. The number of nitrogens with one attached hydrogen (secondary N) is 2. The van der Waals surface area contributed by atoms with E-state index in [1.54, 1.807) is 30.3 Å². The number of carbonyl (C=O) groups is 2. The van der Waals surface area contributed by atoms with Crippen molar-refractivity contribution in [2.45, 2.75) is 20.3 Å². The van der Waals surface area contributed by atoms with E-state index in [0.717, 1.165) is 0 Å². The summed E-state index contributed by atoms with van der Waals surface area (Å²) in [7, 11) is 1.38. The van der Waals surface area contributed by atoms with Gasteiger partial charge in [-0.05, 0) is 35.7 Å². The Morgan fingerprint density at radius 3 is 2.54 bits per heavy atom. The van der Waals surface area contributed by atoms with Crippen LogP contribution in [0.15, 0.2) is 42.5 Å². The van der Waals surface area contributed by atoms with Gasteiger partial charge in [-0.15, -0.1) is 0 Å². The van der Waals surface area contributed by atoms with Crippen molar-refractivity contribution in [2.24, 2.45) is 5.92 Å². The van der Waals surface area contributed by atoms with E-state index >= 15 is 0 Å². The van der Waals surface area contributed by atoms with Gasteiger partial charge >= 0.3 is 0 Å². The third-order valence-corrected chi connectivity index (χ3v) is 3.70. The molecule has 2 rings (SSSR count). The summed E-state index contributed by atoms with van der Waals surface area (Å²) in [5, 5.41) is 5.55. The summed E-state index contributed by atoms with van der Waals surface area (Å²) < 4.78 is 18.6. The van der Waals surface area contributed by atoms with E-state index in [2.05, 4.69) is 10.6 Å². The number of hydrogen-bond donors (Lipinski definition) is 2. The fourth-order valence-corrected chi connectivity index (χ4v) is 2.38. The van der Waals surface area contributed by atoms with E-state index in [1.165, 1.54) is 19.2 Å². The molecule has 0 saturated heterocycles. The van der Waals surface area contributed by atoms with Crippen molar-refractivity contribution in [2.75, 3.05) is 19.0 Å². The van der Waals surface area contributed by atoms with Crippen molar-refractivity contribution >= 4 is 17.5 Å². The zero-order valence-corrected chi connectivity index (χ0v) is 15.1. The third-order valence-electron chi connectivity index (χ3n) is 3.70. The first kappa shape index (κ1) is 19.4. The number of benzene rings is 2. The zero-order valence-electron chi connectivity index (χ0n) is 15.1. The van der Waals surface area contributed by atoms with Gasteiger partial charge < -0.3 is 15.4 Å². The highest BCUT2D eigenvalue weighted by molar-refractivity contribution is 6.04. The van der Waals surface area contributed by atoms with Crippen LogP contribution < -0.4 is 15.4 Å². The molecule has 0 heterocycles. The number of halogens is 1. The van der Waals surface area contributed by atoms with Crippen LogP contribution in [0, 0.1) is 11.7 Å². The molecule has 0 spiro atoms. The van der Waals surface area contributed by atoms with E-state index in [4.69, 9.17) is 4.74 Å². The molecular formula is C20H23FN2O3. The van der Waals surface area contributed by atoms with Crippen molar-refractivity contribution < 1.29 is 18.7 Å². The first-order valence-electron chi connectivity index (χ1n) is 8.40. The second-order valence-electron chi connectivity index (χ2n) is 6.34. The molecule has 2 N–H and O–H groups in total. The van der Waals surface area contributed by atoms with Crippen molar-refractivity contribution in [3.63, 3.8) is 0 Å². The lowest BCUT2D eigenvalue weighted by Gasteiger charge is -2.12. The Morgan fingerprint density at radius 2 is 1.88 bits per heavy atom. The minimum Gasteiger partial charge on any atom is -0.494 e. The van der Waals surface area contributed by atoms with Gasteiger partial charge in [0, 0.05) is 6.54 Å².